The summed E-state index contributed by atoms with van der Waals surface area (Å²) in [4.78, 5) is 10.7. The highest BCUT2D eigenvalue weighted by molar-refractivity contribution is 7.98. The third-order valence-corrected chi connectivity index (χ3v) is 4.29. The molecule has 0 N–H and O–H groups in total. The van der Waals surface area contributed by atoms with E-state index in [4.69, 9.17) is 9.47 Å². The molecule has 0 unspecified atom stereocenters. The predicted octanol–water partition coefficient (Wildman–Crippen LogP) is 2.37. The van der Waals surface area contributed by atoms with E-state index < -0.39 is 4.92 Å². The number of hydrogen-bond donors (Lipinski definition) is 0. The molecule has 0 fully saturated rings. The molecule has 2 aromatic rings. The molecule has 0 amide bonds. The van der Waals surface area contributed by atoms with Gasteiger partial charge in [-0.15, -0.1) is 10.2 Å². The van der Waals surface area contributed by atoms with Crippen molar-refractivity contribution in [2.75, 3.05) is 6.79 Å². The molecule has 1 aliphatic rings. The zero-order chi connectivity index (χ0) is 15.5. The molecule has 2 heterocycles. The van der Waals surface area contributed by atoms with Gasteiger partial charge in [-0.25, -0.2) is 0 Å². The van der Waals surface area contributed by atoms with Gasteiger partial charge in [0.2, 0.25) is 0 Å². The van der Waals surface area contributed by atoms with Crippen molar-refractivity contribution in [2.24, 2.45) is 0 Å². The van der Waals surface area contributed by atoms with Crippen LogP contribution in [0.15, 0.2) is 23.6 Å². The van der Waals surface area contributed by atoms with Crippen LogP contribution in [0.5, 0.6) is 5.75 Å². The maximum atomic E-state index is 11.1. The van der Waals surface area contributed by atoms with Crippen LogP contribution in [0.4, 0.5) is 5.69 Å². The summed E-state index contributed by atoms with van der Waals surface area (Å²) in [5.41, 5.74) is 1.51. The Labute approximate surface area is 130 Å². The van der Waals surface area contributed by atoms with Gasteiger partial charge in [0, 0.05) is 35.6 Å². The monoisotopic (exact) mass is 322 g/mol. The number of nitrogens with zero attached hydrogens (tertiary/aromatic N) is 4. The Morgan fingerprint density at radius 1 is 1.50 bits per heavy atom. The third kappa shape index (κ3) is 2.90. The van der Waals surface area contributed by atoms with Gasteiger partial charge in [-0.2, -0.15) is 0 Å². The highest BCUT2D eigenvalue weighted by Gasteiger charge is 2.21. The Morgan fingerprint density at radius 2 is 2.36 bits per heavy atom. The standard InChI is InChI=1S/C13H14N4O4S/c1-2-16-7-14-15-13(16)22-6-10-4-11(17(18)19)3-9-5-20-8-21-12(9)10/h3-4,7H,2,5-6,8H2,1H3. The van der Waals surface area contributed by atoms with Gasteiger partial charge in [-0.1, -0.05) is 11.8 Å². The summed E-state index contributed by atoms with van der Waals surface area (Å²) in [5.74, 6) is 1.19. The smallest absolute Gasteiger partial charge is 0.270 e. The molecular weight excluding hydrogens is 308 g/mol. The van der Waals surface area contributed by atoms with Crippen LogP contribution < -0.4 is 4.74 Å². The summed E-state index contributed by atoms with van der Waals surface area (Å²) in [7, 11) is 0. The van der Waals surface area contributed by atoms with Crippen molar-refractivity contribution < 1.29 is 14.4 Å². The summed E-state index contributed by atoms with van der Waals surface area (Å²) in [6.07, 6.45) is 1.66. The minimum Gasteiger partial charge on any atom is -0.467 e. The molecule has 3 rings (SSSR count). The zero-order valence-electron chi connectivity index (χ0n) is 11.9. The normalized spacial score (nSPS) is 13.5. The summed E-state index contributed by atoms with van der Waals surface area (Å²) in [6, 6.07) is 3.04. The molecule has 0 atom stereocenters. The van der Waals surface area contributed by atoms with Gasteiger partial charge in [0.05, 0.1) is 11.5 Å². The molecule has 0 radical (unpaired) electrons. The highest BCUT2D eigenvalue weighted by atomic mass is 32.2. The lowest BCUT2D eigenvalue weighted by molar-refractivity contribution is -0.385. The molecule has 0 spiro atoms. The second-order valence-electron chi connectivity index (χ2n) is 4.65. The quantitative estimate of drug-likeness (QED) is 0.474. The predicted molar refractivity (Wildman–Crippen MR) is 78.6 cm³/mol. The number of ether oxygens (including phenoxy) is 2. The lowest BCUT2D eigenvalue weighted by Crippen LogP contribution is -2.13. The fourth-order valence-corrected chi connectivity index (χ4v) is 3.15. The molecule has 116 valence electrons. The van der Waals surface area contributed by atoms with E-state index in [1.165, 1.54) is 17.8 Å². The number of rotatable bonds is 5. The van der Waals surface area contributed by atoms with Gasteiger partial charge in [0.15, 0.2) is 11.9 Å². The number of fused-ring (bicyclic) bond motifs is 1. The first-order chi connectivity index (χ1) is 10.7. The average molecular weight is 322 g/mol. The summed E-state index contributed by atoms with van der Waals surface area (Å²) in [5, 5.41) is 19.8. The molecular formula is C13H14N4O4S. The van der Waals surface area contributed by atoms with Gasteiger partial charge in [0.25, 0.3) is 5.69 Å². The van der Waals surface area contributed by atoms with Crippen molar-refractivity contribution in [2.45, 2.75) is 31.0 Å². The lowest BCUT2D eigenvalue weighted by Gasteiger charge is -2.20. The third-order valence-electron chi connectivity index (χ3n) is 3.26. The van der Waals surface area contributed by atoms with E-state index in [0.717, 1.165) is 17.3 Å². The Hall–Kier alpha value is -2.13. The Balaban J connectivity index is 1.88. The van der Waals surface area contributed by atoms with Gasteiger partial charge >= 0.3 is 0 Å². The van der Waals surface area contributed by atoms with Crippen LogP contribution in [0, 0.1) is 10.1 Å². The number of hydrogen-bond acceptors (Lipinski definition) is 7. The highest BCUT2D eigenvalue weighted by Crippen LogP contribution is 2.35. The Bertz CT molecular complexity index is 703. The fourth-order valence-electron chi connectivity index (χ4n) is 2.21. The van der Waals surface area contributed by atoms with Gasteiger partial charge in [0.1, 0.15) is 12.1 Å². The van der Waals surface area contributed by atoms with E-state index in [0.29, 0.717) is 23.7 Å². The number of nitro groups is 1. The second-order valence-corrected chi connectivity index (χ2v) is 5.59. The topological polar surface area (TPSA) is 92.3 Å². The van der Waals surface area contributed by atoms with E-state index in [-0.39, 0.29) is 12.5 Å². The molecule has 9 heteroatoms. The lowest BCUT2D eigenvalue weighted by atomic mass is 10.1. The molecule has 1 aromatic carbocycles. The van der Waals surface area contributed by atoms with Crippen molar-refractivity contribution in [1.82, 2.24) is 14.8 Å². The van der Waals surface area contributed by atoms with Crippen LogP contribution in [-0.4, -0.2) is 26.5 Å². The van der Waals surface area contributed by atoms with Crippen molar-refractivity contribution in [3.63, 3.8) is 0 Å². The van der Waals surface area contributed by atoms with Crippen LogP contribution in [0.2, 0.25) is 0 Å². The number of benzene rings is 1. The summed E-state index contributed by atoms with van der Waals surface area (Å²) >= 11 is 1.47. The van der Waals surface area contributed by atoms with Gasteiger partial charge in [-0.3, -0.25) is 10.1 Å². The van der Waals surface area contributed by atoms with Crippen molar-refractivity contribution >= 4 is 17.4 Å². The van der Waals surface area contributed by atoms with Crippen LogP contribution in [0.25, 0.3) is 0 Å². The molecule has 0 aliphatic carbocycles. The van der Waals surface area contributed by atoms with Crippen LogP contribution in [0.1, 0.15) is 18.1 Å². The number of aryl methyl sites for hydroxylation is 1. The fraction of sp³-hybridized carbons (Fsp3) is 0.385. The first-order valence-corrected chi connectivity index (χ1v) is 7.69. The molecule has 0 saturated carbocycles. The van der Waals surface area contributed by atoms with E-state index in [1.54, 1.807) is 12.4 Å². The van der Waals surface area contributed by atoms with Crippen LogP contribution in [0.3, 0.4) is 0 Å². The minimum atomic E-state index is -0.405. The van der Waals surface area contributed by atoms with E-state index in [1.807, 2.05) is 11.5 Å². The Morgan fingerprint density at radius 3 is 3.14 bits per heavy atom. The molecule has 1 aliphatic heterocycles. The van der Waals surface area contributed by atoms with Crippen molar-refractivity contribution in [3.8, 4) is 5.75 Å². The summed E-state index contributed by atoms with van der Waals surface area (Å²) < 4.78 is 12.6. The zero-order valence-corrected chi connectivity index (χ0v) is 12.7. The van der Waals surface area contributed by atoms with Crippen LogP contribution in [-0.2, 0) is 23.6 Å². The number of non-ortho nitro benzene ring substituents is 1. The number of aromatic nitrogens is 3. The average Bonchev–Trinajstić information content (AvgIpc) is 2.99. The molecule has 8 nitrogen and oxygen atoms in total. The molecule has 0 saturated heterocycles. The summed E-state index contributed by atoms with van der Waals surface area (Å²) in [6.45, 7) is 3.25. The number of nitro benzene ring substituents is 1. The first kappa shape index (κ1) is 14.8. The maximum Gasteiger partial charge on any atom is 0.270 e. The molecule has 22 heavy (non-hydrogen) atoms. The largest absolute Gasteiger partial charge is 0.467 e. The minimum absolute atomic E-state index is 0.0420. The second kappa shape index (κ2) is 6.32. The van der Waals surface area contributed by atoms with Crippen LogP contribution >= 0.6 is 11.8 Å². The Kier molecular flexibility index (Phi) is 4.25. The SMILES string of the molecule is CCn1cnnc1SCc1cc([N+](=O)[O-])cc2c1OCOC2. The maximum absolute atomic E-state index is 11.1. The molecule has 1 aromatic heterocycles. The van der Waals surface area contributed by atoms with E-state index in [9.17, 15) is 10.1 Å². The van der Waals surface area contributed by atoms with Gasteiger partial charge < -0.3 is 14.0 Å². The van der Waals surface area contributed by atoms with Crippen molar-refractivity contribution in [3.05, 3.63) is 39.7 Å². The van der Waals surface area contributed by atoms with Crippen molar-refractivity contribution in [1.29, 1.82) is 0 Å². The van der Waals surface area contributed by atoms with E-state index >= 15 is 0 Å². The number of thioether (sulfide) groups is 1. The first-order valence-electron chi connectivity index (χ1n) is 6.70. The van der Waals surface area contributed by atoms with Gasteiger partial charge in [-0.05, 0) is 6.92 Å². The molecule has 0 bridgehead atoms. The van der Waals surface area contributed by atoms with E-state index in [2.05, 4.69) is 10.2 Å².